The highest BCUT2D eigenvalue weighted by Gasteiger charge is 2.24. The molecule has 0 aliphatic rings. The van der Waals surface area contributed by atoms with Crippen LogP contribution in [0.25, 0.3) is 10.4 Å². The molecule has 0 unspecified atom stereocenters. The average Bonchev–Trinajstić information content (AvgIpc) is 2.33. The van der Waals surface area contributed by atoms with Crippen molar-refractivity contribution in [1.82, 2.24) is 0 Å². The lowest BCUT2D eigenvalue weighted by Crippen LogP contribution is -2.09. The predicted molar refractivity (Wildman–Crippen MR) is 73.8 cm³/mol. The van der Waals surface area contributed by atoms with Gasteiger partial charge in [0.2, 0.25) is 0 Å². The van der Waals surface area contributed by atoms with Gasteiger partial charge < -0.3 is 4.18 Å². The average molecular weight is 355 g/mol. The summed E-state index contributed by atoms with van der Waals surface area (Å²) < 4.78 is 72.9. The quantitative estimate of drug-likeness (QED) is 0.347. The molecular formula is C10H11F2N3O5S2. The van der Waals surface area contributed by atoms with Crippen LogP contribution in [0.1, 0.15) is 22.3 Å². The highest BCUT2D eigenvalue weighted by atomic mass is 32.3. The maximum Gasteiger partial charge on any atom is 0.488 e. The van der Waals surface area contributed by atoms with Crippen LogP contribution in [0.2, 0.25) is 0 Å². The van der Waals surface area contributed by atoms with E-state index in [1.807, 2.05) is 0 Å². The van der Waals surface area contributed by atoms with Gasteiger partial charge in [0.1, 0.15) is 5.75 Å². The van der Waals surface area contributed by atoms with E-state index in [0.717, 1.165) is 0 Å². The zero-order valence-electron chi connectivity index (χ0n) is 11.7. The number of nitrogens with zero attached hydrogens (tertiary/aromatic N) is 3. The van der Waals surface area contributed by atoms with E-state index in [1.165, 1.54) is 20.8 Å². The second kappa shape index (κ2) is 6.07. The Kier molecular flexibility index (Phi) is 5.00. The molecule has 122 valence electrons. The minimum atomic E-state index is -5.41. The van der Waals surface area contributed by atoms with Gasteiger partial charge in [0, 0.05) is 16.2 Å². The van der Waals surface area contributed by atoms with Crippen molar-refractivity contribution >= 4 is 26.4 Å². The number of hydrogen-bond donors (Lipinski definition) is 0. The summed E-state index contributed by atoms with van der Waals surface area (Å²) in [5.74, 6) is -1.64. The first-order valence-corrected chi connectivity index (χ1v) is 8.47. The van der Waals surface area contributed by atoms with Crippen LogP contribution in [0.4, 0.5) is 13.5 Å². The number of hydrogen-bond acceptors (Lipinski definition) is 6. The van der Waals surface area contributed by atoms with E-state index < -0.39 is 32.2 Å². The molecule has 0 N–H and O–H groups in total. The molecule has 22 heavy (non-hydrogen) atoms. The maximum atomic E-state index is 13.0. The molecule has 1 rings (SSSR count). The molecule has 0 bridgehead atoms. The van der Waals surface area contributed by atoms with Crippen molar-refractivity contribution in [2.75, 3.05) is 0 Å². The van der Waals surface area contributed by atoms with Gasteiger partial charge in [0.05, 0.1) is 0 Å². The van der Waals surface area contributed by atoms with Crippen molar-refractivity contribution in [3.8, 4) is 5.75 Å². The normalized spacial score (nSPS) is 11.9. The highest BCUT2D eigenvalue weighted by Crippen LogP contribution is 2.39. The van der Waals surface area contributed by atoms with Crippen LogP contribution in [0.5, 0.6) is 5.75 Å². The fraction of sp³-hybridized carbons (Fsp3) is 0.400. The number of halogens is 2. The van der Waals surface area contributed by atoms with Gasteiger partial charge in [0.25, 0.3) is 0 Å². The molecule has 0 heterocycles. The Bertz CT molecular complexity index is 813. The zero-order chi connectivity index (χ0) is 17.3. The molecule has 8 nitrogen and oxygen atoms in total. The van der Waals surface area contributed by atoms with E-state index in [9.17, 15) is 24.6 Å². The molecule has 0 atom stereocenters. The van der Waals surface area contributed by atoms with Gasteiger partial charge in [-0.3, -0.25) is 0 Å². The van der Waals surface area contributed by atoms with E-state index in [0.29, 0.717) is 0 Å². The van der Waals surface area contributed by atoms with Gasteiger partial charge in [-0.15, -0.1) is 3.89 Å². The molecular weight excluding hydrogens is 344 g/mol. The second-order valence-electron chi connectivity index (χ2n) is 4.38. The van der Waals surface area contributed by atoms with Crippen LogP contribution in [-0.2, 0) is 26.5 Å². The van der Waals surface area contributed by atoms with Crippen LogP contribution < -0.4 is 4.18 Å². The largest absolute Gasteiger partial charge is 0.488 e. The van der Waals surface area contributed by atoms with Gasteiger partial charge in [0.15, 0.2) is 5.75 Å². The molecule has 0 saturated heterocycles. The van der Waals surface area contributed by atoms with Crippen molar-refractivity contribution in [3.63, 3.8) is 0 Å². The third-order valence-electron chi connectivity index (χ3n) is 2.94. The van der Waals surface area contributed by atoms with Crippen LogP contribution in [0.3, 0.4) is 0 Å². The third kappa shape index (κ3) is 4.29. The van der Waals surface area contributed by atoms with Crippen LogP contribution >= 0.6 is 0 Å². The first kappa shape index (κ1) is 18.1. The first-order chi connectivity index (χ1) is 9.87. The summed E-state index contributed by atoms with van der Waals surface area (Å²) in [6, 6.07) is 0. The van der Waals surface area contributed by atoms with Crippen molar-refractivity contribution in [2.45, 2.75) is 26.5 Å². The Morgan fingerprint density at radius 2 is 1.64 bits per heavy atom. The molecule has 1 aromatic rings. The molecule has 0 saturated carbocycles. The standard InChI is InChI=1S/C10H11F2N3O5S2/c1-5-8(4-21(11,16)17)6(2)10(20-22(12,18)19)7(3)9(5)14-15-13/h4H2,1-3H3. The molecule has 0 amide bonds. The summed E-state index contributed by atoms with van der Waals surface area (Å²) in [7, 11) is -10.4. The molecule has 0 fully saturated rings. The summed E-state index contributed by atoms with van der Waals surface area (Å²) in [4.78, 5) is 2.52. The summed E-state index contributed by atoms with van der Waals surface area (Å²) in [6.45, 7) is 3.89. The Morgan fingerprint density at radius 1 is 1.09 bits per heavy atom. The van der Waals surface area contributed by atoms with Crippen LogP contribution in [-0.4, -0.2) is 16.8 Å². The molecule has 0 spiro atoms. The monoisotopic (exact) mass is 355 g/mol. The summed E-state index contributed by atoms with van der Waals surface area (Å²) >= 11 is 0. The van der Waals surface area contributed by atoms with E-state index in [2.05, 4.69) is 14.2 Å². The van der Waals surface area contributed by atoms with Gasteiger partial charge in [-0.1, -0.05) is 9.00 Å². The SMILES string of the molecule is Cc1c(CS(=O)(=O)F)c(C)c(OS(=O)(=O)F)c(C)c1N=[N+]=[N-]. The number of azide groups is 1. The first-order valence-electron chi connectivity index (χ1n) is 5.61. The van der Waals surface area contributed by atoms with Crippen molar-refractivity contribution in [3.05, 3.63) is 32.7 Å². The fourth-order valence-electron chi connectivity index (χ4n) is 2.04. The topological polar surface area (TPSA) is 126 Å². The molecule has 0 radical (unpaired) electrons. The highest BCUT2D eigenvalue weighted by molar-refractivity contribution is 7.85. The number of rotatable bonds is 5. The Balaban J connectivity index is 3.82. The predicted octanol–water partition coefficient (Wildman–Crippen LogP) is 2.95. The van der Waals surface area contributed by atoms with Crippen molar-refractivity contribution in [1.29, 1.82) is 0 Å². The van der Waals surface area contributed by atoms with E-state index in [1.54, 1.807) is 0 Å². The zero-order valence-corrected chi connectivity index (χ0v) is 13.3. The fourth-order valence-corrected chi connectivity index (χ4v) is 3.27. The molecule has 0 aliphatic carbocycles. The smallest absolute Gasteiger partial charge is 0.358 e. The maximum absolute atomic E-state index is 13.0. The Hall–Kier alpha value is -1.91. The van der Waals surface area contributed by atoms with Gasteiger partial charge in [-0.25, -0.2) is 0 Å². The number of benzene rings is 1. The van der Waals surface area contributed by atoms with Gasteiger partial charge in [-0.2, -0.15) is 16.8 Å². The minimum Gasteiger partial charge on any atom is -0.358 e. The summed E-state index contributed by atoms with van der Waals surface area (Å²) in [6.07, 6.45) is 0. The lowest BCUT2D eigenvalue weighted by Gasteiger charge is -2.17. The second-order valence-corrected chi connectivity index (χ2v) is 6.70. The van der Waals surface area contributed by atoms with Crippen molar-refractivity contribution < 1.29 is 28.8 Å². The summed E-state index contributed by atoms with van der Waals surface area (Å²) in [5, 5.41) is 3.29. The van der Waals surface area contributed by atoms with Gasteiger partial charge >= 0.3 is 20.7 Å². The van der Waals surface area contributed by atoms with Crippen LogP contribution in [0.15, 0.2) is 5.11 Å². The summed E-state index contributed by atoms with van der Waals surface area (Å²) in [5.41, 5.74) is 8.20. The van der Waals surface area contributed by atoms with E-state index in [-0.39, 0.29) is 27.9 Å². The lowest BCUT2D eigenvalue weighted by atomic mass is 9.97. The van der Waals surface area contributed by atoms with E-state index in [4.69, 9.17) is 5.53 Å². The third-order valence-corrected chi connectivity index (χ3v) is 3.94. The molecule has 12 heteroatoms. The molecule has 0 aromatic heterocycles. The van der Waals surface area contributed by atoms with E-state index >= 15 is 0 Å². The van der Waals surface area contributed by atoms with Gasteiger partial charge in [-0.05, 0) is 43.0 Å². The Morgan fingerprint density at radius 3 is 2.05 bits per heavy atom. The minimum absolute atomic E-state index is 0.0194. The molecule has 1 aromatic carbocycles. The Labute approximate surface area is 126 Å². The van der Waals surface area contributed by atoms with Crippen LogP contribution in [0, 0.1) is 20.8 Å². The lowest BCUT2D eigenvalue weighted by molar-refractivity contribution is 0.437. The van der Waals surface area contributed by atoms with Crippen molar-refractivity contribution in [2.24, 2.45) is 5.11 Å². The molecule has 0 aliphatic heterocycles.